The number of hydrogen-bond acceptors (Lipinski definition) is 6. The van der Waals surface area contributed by atoms with Gasteiger partial charge in [0.25, 0.3) is 11.5 Å². The van der Waals surface area contributed by atoms with Crippen molar-refractivity contribution in [1.82, 2.24) is 19.3 Å². The lowest BCUT2D eigenvalue weighted by molar-refractivity contribution is 0.100. The number of nitrogens with zero attached hydrogens (tertiary/aromatic N) is 5. The number of pyridine rings is 2. The van der Waals surface area contributed by atoms with Crippen LogP contribution in [-0.4, -0.2) is 32.0 Å². The first-order chi connectivity index (χ1) is 19.8. The molecular formula is C32H29N7O2. The van der Waals surface area contributed by atoms with Crippen LogP contribution in [-0.2, 0) is 13.5 Å². The number of carbonyl (C=O) groups is 1. The van der Waals surface area contributed by atoms with Gasteiger partial charge in [-0.3, -0.25) is 23.8 Å². The molecule has 0 fully saturated rings. The topological polar surface area (TPSA) is 134 Å². The van der Waals surface area contributed by atoms with Gasteiger partial charge in [0.05, 0.1) is 11.1 Å². The summed E-state index contributed by atoms with van der Waals surface area (Å²) in [5.74, 6) is 5.56. The molecule has 4 N–H and O–H groups in total. The Morgan fingerprint density at radius 2 is 1.88 bits per heavy atom. The van der Waals surface area contributed by atoms with Crippen molar-refractivity contribution in [3.8, 4) is 17.5 Å². The van der Waals surface area contributed by atoms with Crippen molar-refractivity contribution in [3.05, 3.63) is 118 Å². The number of hydrogen-bond donors (Lipinski definition) is 2. The Hall–Kier alpha value is -5.75. The number of carbonyl (C=O) groups excluding carboxylic acids is 1. The van der Waals surface area contributed by atoms with Crippen molar-refractivity contribution in [2.24, 2.45) is 17.8 Å². The minimum Gasteiger partial charge on any atom is -0.383 e. The van der Waals surface area contributed by atoms with E-state index in [1.807, 2.05) is 67.8 Å². The smallest absolute Gasteiger partial charge is 0.264 e. The molecule has 3 heterocycles. The molecule has 2 aromatic carbocycles. The second-order valence-electron chi connectivity index (χ2n) is 8.91. The summed E-state index contributed by atoms with van der Waals surface area (Å²) in [6, 6.07) is 19.5. The van der Waals surface area contributed by atoms with Crippen LogP contribution in [0.2, 0.25) is 0 Å². The van der Waals surface area contributed by atoms with Crippen molar-refractivity contribution >= 4 is 41.0 Å². The summed E-state index contributed by atoms with van der Waals surface area (Å²) in [5, 5.41) is 5.83. The first kappa shape index (κ1) is 28.3. The number of aliphatic imine (C=N–C) groups is 1. The van der Waals surface area contributed by atoms with E-state index < -0.39 is 5.91 Å². The largest absolute Gasteiger partial charge is 0.383 e. The van der Waals surface area contributed by atoms with Crippen LogP contribution < -0.4 is 17.0 Å². The highest BCUT2D eigenvalue weighted by molar-refractivity contribution is 6.03. The van der Waals surface area contributed by atoms with E-state index in [4.69, 9.17) is 11.5 Å². The summed E-state index contributed by atoms with van der Waals surface area (Å²) in [6.07, 6.45) is 5.58. The fourth-order valence-corrected chi connectivity index (χ4v) is 4.35. The van der Waals surface area contributed by atoms with Crippen LogP contribution in [0.1, 0.15) is 39.8 Å². The fourth-order valence-electron chi connectivity index (χ4n) is 4.35. The molecule has 41 heavy (non-hydrogen) atoms. The molecule has 0 radical (unpaired) electrons. The second-order valence-corrected chi connectivity index (χ2v) is 8.91. The molecule has 204 valence electrons. The van der Waals surface area contributed by atoms with Crippen molar-refractivity contribution in [2.45, 2.75) is 13.3 Å². The number of primary amides is 1. The molecule has 0 saturated heterocycles. The second kappa shape index (κ2) is 12.4. The molecule has 0 aliphatic heterocycles. The summed E-state index contributed by atoms with van der Waals surface area (Å²) in [4.78, 5) is 31.9. The predicted octanol–water partition coefficient (Wildman–Crippen LogP) is 4.42. The highest BCUT2D eigenvalue weighted by atomic mass is 16.1. The third-order valence-electron chi connectivity index (χ3n) is 6.27. The SMILES string of the molecule is C=Cc1cnc(N)c(C(N)=O)c1N=C.CCc1cc2cccc(C#Cc3ccn(C)n3)c2c(=O)n1-c1ccccc1. The van der Waals surface area contributed by atoms with Gasteiger partial charge in [-0.2, -0.15) is 5.10 Å². The average molecular weight is 544 g/mol. The third-order valence-corrected chi connectivity index (χ3v) is 6.27. The maximum absolute atomic E-state index is 13.4. The van der Waals surface area contributed by atoms with E-state index in [1.165, 1.54) is 12.3 Å². The molecule has 1 amide bonds. The van der Waals surface area contributed by atoms with Crippen LogP contribution in [0.5, 0.6) is 0 Å². The number of amides is 1. The Kier molecular flexibility index (Phi) is 8.55. The zero-order chi connectivity index (χ0) is 29.5. The number of para-hydroxylation sites is 1. The van der Waals surface area contributed by atoms with Gasteiger partial charge in [0.2, 0.25) is 0 Å². The van der Waals surface area contributed by atoms with E-state index in [9.17, 15) is 9.59 Å². The number of benzene rings is 2. The Balaban J connectivity index is 0.000000234. The number of anilines is 1. The average Bonchev–Trinajstić information content (AvgIpc) is 3.40. The van der Waals surface area contributed by atoms with Crippen LogP contribution in [0.3, 0.4) is 0 Å². The van der Waals surface area contributed by atoms with Crippen LogP contribution in [0.25, 0.3) is 22.5 Å². The van der Waals surface area contributed by atoms with Crippen LogP contribution in [0.4, 0.5) is 11.5 Å². The van der Waals surface area contributed by atoms with E-state index >= 15 is 0 Å². The third kappa shape index (κ3) is 5.97. The summed E-state index contributed by atoms with van der Waals surface area (Å²) in [6.45, 7) is 8.94. The Morgan fingerprint density at radius 1 is 1.12 bits per heavy atom. The standard InChI is InChI=1S/C23H19N3O.C9H10N4O/c1-3-20-16-18-9-7-8-17(12-13-19-14-15-25(2)24-19)22(18)23(27)26(20)21-10-5-4-6-11-21;1-3-5-4-13-8(10)6(9(11)14)7(5)12-2/h4-11,14-16H,3H2,1-2H3;3-4H,1-2H2,(H2,10,13)(H2,11,14). The molecule has 0 saturated carbocycles. The number of nitrogen functional groups attached to an aromatic ring is 1. The van der Waals surface area contributed by atoms with Gasteiger partial charge < -0.3 is 11.5 Å². The molecule has 9 nitrogen and oxygen atoms in total. The molecule has 0 spiro atoms. The van der Waals surface area contributed by atoms with E-state index in [2.05, 4.69) is 53.2 Å². The highest BCUT2D eigenvalue weighted by Gasteiger charge is 2.15. The molecular weight excluding hydrogens is 514 g/mol. The summed E-state index contributed by atoms with van der Waals surface area (Å²) in [5.41, 5.74) is 14.8. The van der Waals surface area contributed by atoms with Gasteiger partial charge in [-0.1, -0.05) is 55.8 Å². The van der Waals surface area contributed by atoms with Crippen LogP contribution in [0.15, 0.2) is 89.4 Å². The van der Waals surface area contributed by atoms with Gasteiger partial charge in [0.15, 0.2) is 0 Å². The van der Waals surface area contributed by atoms with Crippen molar-refractivity contribution in [1.29, 1.82) is 0 Å². The molecule has 3 aromatic heterocycles. The molecule has 0 atom stereocenters. The normalized spacial score (nSPS) is 10.2. The first-order valence-corrected chi connectivity index (χ1v) is 12.7. The van der Waals surface area contributed by atoms with E-state index in [1.54, 1.807) is 9.25 Å². The minimum atomic E-state index is -0.680. The number of rotatable bonds is 5. The lowest BCUT2D eigenvalue weighted by atomic mass is 10.0. The fraction of sp³-hybridized carbons (Fsp3) is 0.0938. The number of aryl methyl sites for hydroxylation is 2. The molecule has 9 heteroatoms. The molecule has 0 unspecified atom stereocenters. The maximum atomic E-state index is 13.4. The van der Waals surface area contributed by atoms with Crippen molar-refractivity contribution in [3.63, 3.8) is 0 Å². The maximum Gasteiger partial charge on any atom is 0.264 e. The predicted molar refractivity (Wildman–Crippen MR) is 165 cm³/mol. The van der Waals surface area contributed by atoms with E-state index in [0.29, 0.717) is 22.3 Å². The summed E-state index contributed by atoms with van der Waals surface area (Å²) >= 11 is 0. The van der Waals surface area contributed by atoms with E-state index in [-0.39, 0.29) is 16.9 Å². The molecule has 5 aromatic rings. The Morgan fingerprint density at radius 3 is 2.49 bits per heavy atom. The number of nitrogens with two attached hydrogens (primary N) is 2. The monoisotopic (exact) mass is 543 g/mol. The van der Waals surface area contributed by atoms with Crippen molar-refractivity contribution < 1.29 is 4.79 Å². The van der Waals surface area contributed by atoms with Gasteiger partial charge in [-0.25, -0.2) is 4.98 Å². The Labute approximate surface area is 237 Å². The summed E-state index contributed by atoms with van der Waals surface area (Å²) < 4.78 is 3.50. The first-order valence-electron chi connectivity index (χ1n) is 12.7. The lowest BCUT2D eigenvalue weighted by Crippen LogP contribution is -2.22. The van der Waals surface area contributed by atoms with Gasteiger partial charge in [0.1, 0.15) is 17.1 Å². The van der Waals surface area contributed by atoms with Crippen LogP contribution in [0, 0.1) is 11.8 Å². The van der Waals surface area contributed by atoms with E-state index in [0.717, 1.165) is 28.8 Å². The number of aromatic nitrogens is 4. The van der Waals surface area contributed by atoms with Crippen molar-refractivity contribution in [2.75, 3.05) is 5.73 Å². The quantitative estimate of drug-likeness (QED) is 0.250. The zero-order valence-electron chi connectivity index (χ0n) is 22.8. The summed E-state index contributed by atoms with van der Waals surface area (Å²) in [7, 11) is 1.86. The molecule has 0 aliphatic rings. The Bertz CT molecular complexity index is 1890. The number of fused-ring (bicyclic) bond motifs is 1. The lowest BCUT2D eigenvalue weighted by Gasteiger charge is -2.14. The van der Waals surface area contributed by atoms with Gasteiger partial charge in [-0.15, -0.1) is 0 Å². The molecule has 0 bridgehead atoms. The molecule has 5 rings (SSSR count). The zero-order valence-corrected chi connectivity index (χ0v) is 22.8. The van der Waals surface area contributed by atoms with Gasteiger partial charge >= 0.3 is 0 Å². The van der Waals surface area contributed by atoms with Gasteiger partial charge in [0, 0.05) is 41.9 Å². The molecule has 0 aliphatic carbocycles. The van der Waals surface area contributed by atoms with Crippen LogP contribution >= 0.6 is 0 Å². The highest BCUT2D eigenvalue weighted by Crippen LogP contribution is 2.27. The van der Waals surface area contributed by atoms with Gasteiger partial charge in [-0.05, 0) is 54.8 Å². The minimum absolute atomic E-state index is 0.0403.